The number of nitrogens with two attached hydrogens (primary N) is 1. The molecule has 2 heterocycles. The second-order valence-corrected chi connectivity index (χ2v) is 7.08. The van der Waals surface area contributed by atoms with Crippen molar-refractivity contribution in [1.82, 2.24) is 0 Å². The van der Waals surface area contributed by atoms with Gasteiger partial charge in [-0.2, -0.15) is 0 Å². The molecule has 0 aliphatic carbocycles. The molecule has 2 atom stereocenters. The Bertz CT molecular complexity index is 852. The number of hydrogen-bond acceptors (Lipinski definition) is 4. The van der Waals surface area contributed by atoms with Gasteiger partial charge in [0.05, 0.1) is 0 Å². The minimum Gasteiger partial charge on any atom is -0.458 e. The molecule has 2 unspecified atom stereocenters. The van der Waals surface area contributed by atoms with Crippen molar-refractivity contribution >= 4 is 11.0 Å². The maximum Gasteiger partial charge on any atom is 0.158 e. The van der Waals surface area contributed by atoms with E-state index >= 15 is 0 Å². The molecule has 4 rings (SSSR count). The monoisotopic (exact) mass is 365 g/mol. The minimum atomic E-state index is -0.286. The Morgan fingerprint density at radius 3 is 2.59 bits per heavy atom. The van der Waals surface area contributed by atoms with Gasteiger partial charge in [0.25, 0.3) is 0 Å². The van der Waals surface area contributed by atoms with Gasteiger partial charge < -0.3 is 19.6 Å². The fourth-order valence-corrected chi connectivity index (χ4v) is 3.78. The van der Waals surface area contributed by atoms with Gasteiger partial charge in [-0.15, -0.1) is 0 Å². The first-order valence-electron chi connectivity index (χ1n) is 9.86. The number of aryl methyl sites for hydroxylation is 2. The van der Waals surface area contributed by atoms with E-state index in [-0.39, 0.29) is 12.4 Å². The van der Waals surface area contributed by atoms with Crippen molar-refractivity contribution in [3.8, 4) is 0 Å². The van der Waals surface area contributed by atoms with Gasteiger partial charge in [-0.1, -0.05) is 48.5 Å². The molecule has 2 N–H and O–H groups in total. The van der Waals surface area contributed by atoms with E-state index in [1.165, 1.54) is 11.1 Å². The van der Waals surface area contributed by atoms with Crippen LogP contribution < -0.4 is 5.73 Å². The summed E-state index contributed by atoms with van der Waals surface area (Å²) in [4.78, 5) is 0. The number of benzene rings is 2. The van der Waals surface area contributed by atoms with Crippen molar-refractivity contribution in [3.63, 3.8) is 0 Å². The van der Waals surface area contributed by atoms with Crippen LogP contribution in [0.15, 0.2) is 59.0 Å². The molecule has 1 saturated heterocycles. The molecular formula is C23H27NO3. The van der Waals surface area contributed by atoms with E-state index in [2.05, 4.69) is 36.4 Å². The summed E-state index contributed by atoms with van der Waals surface area (Å²) in [7, 11) is 0. The number of rotatable bonds is 7. The van der Waals surface area contributed by atoms with Gasteiger partial charge in [-0.05, 0) is 43.7 Å². The lowest BCUT2D eigenvalue weighted by molar-refractivity contribution is -0.191. The molecule has 27 heavy (non-hydrogen) atoms. The van der Waals surface area contributed by atoms with Crippen LogP contribution in [0.2, 0.25) is 0 Å². The van der Waals surface area contributed by atoms with Crippen molar-refractivity contribution in [3.05, 3.63) is 71.5 Å². The summed E-state index contributed by atoms with van der Waals surface area (Å²) >= 11 is 0. The van der Waals surface area contributed by atoms with Crippen LogP contribution in [0.5, 0.6) is 0 Å². The van der Waals surface area contributed by atoms with Crippen LogP contribution in [-0.2, 0) is 22.3 Å². The molecular weight excluding hydrogens is 338 g/mol. The Balaban J connectivity index is 1.61. The Morgan fingerprint density at radius 1 is 1.00 bits per heavy atom. The Labute approximate surface area is 160 Å². The number of furan rings is 1. The van der Waals surface area contributed by atoms with E-state index in [1.807, 2.05) is 18.2 Å². The zero-order valence-electron chi connectivity index (χ0n) is 15.6. The number of fused-ring (bicyclic) bond motifs is 1. The molecule has 1 aliphatic rings. The highest BCUT2D eigenvalue weighted by atomic mass is 16.7. The summed E-state index contributed by atoms with van der Waals surface area (Å²) in [5.41, 5.74) is 9.48. The number of para-hydroxylation sites is 1. The smallest absolute Gasteiger partial charge is 0.158 e. The number of ether oxygens (including phenoxy) is 2. The molecule has 1 aromatic heterocycles. The summed E-state index contributed by atoms with van der Waals surface area (Å²) in [5.74, 6) is 0.851. The Kier molecular flexibility index (Phi) is 5.87. The van der Waals surface area contributed by atoms with Crippen molar-refractivity contribution in [2.45, 2.75) is 44.5 Å². The quantitative estimate of drug-likeness (QED) is 0.656. The average molecular weight is 365 g/mol. The molecule has 2 aromatic carbocycles. The van der Waals surface area contributed by atoms with E-state index in [1.54, 1.807) is 0 Å². The van der Waals surface area contributed by atoms with Crippen molar-refractivity contribution < 1.29 is 13.9 Å². The second kappa shape index (κ2) is 8.70. The standard InChI is InChI=1S/C23H27NO3/c24-16-21(26-22-12-6-7-15-25-22)23-19(14-13-17-8-2-1-3-9-17)18-10-4-5-11-20(18)27-23/h1-5,8-11,21-22H,6-7,12-16,24H2. The lowest BCUT2D eigenvalue weighted by atomic mass is 9.99. The molecule has 1 fully saturated rings. The first-order valence-corrected chi connectivity index (χ1v) is 9.86. The first kappa shape index (κ1) is 18.2. The third kappa shape index (κ3) is 4.24. The summed E-state index contributed by atoms with van der Waals surface area (Å²) in [6.07, 6.45) is 4.50. The van der Waals surface area contributed by atoms with Crippen molar-refractivity contribution in [2.24, 2.45) is 5.73 Å². The molecule has 4 heteroatoms. The lowest BCUT2D eigenvalue weighted by Crippen LogP contribution is -2.28. The molecule has 0 bridgehead atoms. The van der Waals surface area contributed by atoms with Crippen LogP contribution in [0.1, 0.15) is 42.3 Å². The van der Waals surface area contributed by atoms with Gasteiger partial charge in [-0.3, -0.25) is 0 Å². The topological polar surface area (TPSA) is 57.6 Å². The third-order valence-electron chi connectivity index (χ3n) is 5.20. The molecule has 0 radical (unpaired) electrons. The number of hydrogen-bond donors (Lipinski definition) is 1. The zero-order chi connectivity index (χ0) is 18.5. The molecule has 3 aromatic rings. The van der Waals surface area contributed by atoms with E-state index < -0.39 is 0 Å². The van der Waals surface area contributed by atoms with Crippen LogP contribution in [0.25, 0.3) is 11.0 Å². The van der Waals surface area contributed by atoms with Crippen LogP contribution in [0.3, 0.4) is 0 Å². The van der Waals surface area contributed by atoms with Crippen molar-refractivity contribution in [2.75, 3.05) is 13.2 Å². The summed E-state index contributed by atoms with van der Waals surface area (Å²) in [5, 5.41) is 1.15. The molecule has 1 aliphatic heterocycles. The van der Waals surface area contributed by atoms with E-state index in [9.17, 15) is 0 Å². The zero-order valence-corrected chi connectivity index (χ0v) is 15.6. The highest BCUT2D eigenvalue weighted by Crippen LogP contribution is 2.34. The average Bonchev–Trinajstić information content (AvgIpc) is 3.10. The summed E-state index contributed by atoms with van der Waals surface area (Å²) in [6.45, 7) is 1.13. The van der Waals surface area contributed by atoms with Gasteiger partial charge in [0.1, 0.15) is 17.4 Å². The maximum absolute atomic E-state index is 6.22. The fraction of sp³-hybridized carbons (Fsp3) is 0.391. The Morgan fingerprint density at radius 2 is 1.81 bits per heavy atom. The molecule has 4 nitrogen and oxygen atoms in total. The Hall–Kier alpha value is -2.14. The molecule has 0 saturated carbocycles. The van der Waals surface area contributed by atoms with Crippen LogP contribution in [-0.4, -0.2) is 19.4 Å². The van der Waals surface area contributed by atoms with E-state index in [0.717, 1.165) is 55.4 Å². The second-order valence-electron chi connectivity index (χ2n) is 7.08. The predicted octanol–water partition coefficient (Wildman–Crippen LogP) is 4.76. The SMILES string of the molecule is NCC(OC1CCCCO1)c1oc2ccccc2c1CCc1ccccc1. The molecule has 142 valence electrons. The minimum absolute atomic E-state index is 0.192. The van der Waals surface area contributed by atoms with E-state index in [0.29, 0.717) is 6.54 Å². The van der Waals surface area contributed by atoms with Crippen LogP contribution >= 0.6 is 0 Å². The maximum atomic E-state index is 6.22. The summed E-state index contributed by atoms with van der Waals surface area (Å²) in [6, 6.07) is 18.7. The normalized spacial score (nSPS) is 18.6. The lowest BCUT2D eigenvalue weighted by Gasteiger charge is -2.26. The highest BCUT2D eigenvalue weighted by molar-refractivity contribution is 5.82. The van der Waals surface area contributed by atoms with Crippen molar-refractivity contribution in [1.29, 1.82) is 0 Å². The summed E-state index contributed by atoms with van der Waals surface area (Å²) < 4.78 is 18.2. The molecule has 0 spiro atoms. The van der Waals surface area contributed by atoms with Gasteiger partial charge in [0, 0.05) is 24.1 Å². The first-order chi connectivity index (χ1) is 13.3. The fourth-order valence-electron chi connectivity index (χ4n) is 3.78. The van der Waals surface area contributed by atoms with Gasteiger partial charge in [0.2, 0.25) is 0 Å². The van der Waals surface area contributed by atoms with E-state index in [4.69, 9.17) is 19.6 Å². The highest BCUT2D eigenvalue weighted by Gasteiger charge is 2.26. The van der Waals surface area contributed by atoms with Crippen LogP contribution in [0, 0.1) is 0 Å². The predicted molar refractivity (Wildman–Crippen MR) is 107 cm³/mol. The van der Waals surface area contributed by atoms with Gasteiger partial charge >= 0.3 is 0 Å². The van der Waals surface area contributed by atoms with Gasteiger partial charge in [0.15, 0.2) is 6.29 Å². The van der Waals surface area contributed by atoms with Crippen LogP contribution in [0.4, 0.5) is 0 Å². The molecule has 0 amide bonds. The largest absolute Gasteiger partial charge is 0.458 e. The van der Waals surface area contributed by atoms with Gasteiger partial charge in [-0.25, -0.2) is 0 Å². The third-order valence-corrected chi connectivity index (χ3v) is 5.20.